The number of hydrogen-bond acceptors (Lipinski definition) is 4. The van der Waals surface area contributed by atoms with E-state index in [0.717, 1.165) is 49.3 Å². The monoisotopic (exact) mass is 473 g/mol. The molecule has 0 N–H and O–H groups in total. The van der Waals surface area contributed by atoms with Gasteiger partial charge in [-0.3, -0.25) is 9.59 Å². The second-order valence-electron chi connectivity index (χ2n) is 8.78. The average molecular weight is 474 g/mol. The first-order valence-electron chi connectivity index (χ1n) is 12.1. The third-order valence-electron chi connectivity index (χ3n) is 6.12. The number of carbonyl (C=O) groups excluding carboxylic acids is 2. The molecule has 0 aliphatic carbocycles. The van der Waals surface area contributed by atoms with E-state index in [4.69, 9.17) is 0 Å². The SMILES string of the molecule is CCCCCC(=O)N(CCN1CCCC1)CC(=O)N(Cc1ccc(F)cc1)Cc1cccs1. The summed E-state index contributed by atoms with van der Waals surface area (Å²) in [6.07, 6.45) is 5.84. The van der Waals surface area contributed by atoms with E-state index in [1.807, 2.05) is 17.5 Å². The number of thiophene rings is 1. The van der Waals surface area contributed by atoms with Crippen molar-refractivity contribution in [2.75, 3.05) is 32.7 Å². The van der Waals surface area contributed by atoms with Gasteiger partial charge in [0.2, 0.25) is 11.8 Å². The van der Waals surface area contributed by atoms with Crippen LogP contribution in [0.5, 0.6) is 0 Å². The number of hydrogen-bond donors (Lipinski definition) is 0. The van der Waals surface area contributed by atoms with E-state index >= 15 is 0 Å². The number of benzene rings is 1. The van der Waals surface area contributed by atoms with Crippen LogP contribution >= 0.6 is 11.3 Å². The molecule has 33 heavy (non-hydrogen) atoms. The van der Waals surface area contributed by atoms with E-state index in [2.05, 4.69) is 11.8 Å². The Morgan fingerprint density at radius 2 is 1.76 bits per heavy atom. The van der Waals surface area contributed by atoms with Crippen LogP contribution in [0, 0.1) is 5.82 Å². The molecule has 1 aliphatic heterocycles. The standard InChI is InChI=1S/C26H36FN3O2S/c1-2-3-4-9-25(31)29(17-16-28-14-5-6-15-28)21-26(32)30(20-24-8-7-18-33-24)19-22-10-12-23(27)13-11-22/h7-8,10-13,18H,2-6,9,14-17,19-21H2,1H3. The first-order valence-corrected chi connectivity index (χ1v) is 13.0. The topological polar surface area (TPSA) is 43.9 Å². The van der Waals surface area contributed by atoms with Crippen molar-refractivity contribution in [2.45, 2.75) is 58.5 Å². The summed E-state index contributed by atoms with van der Waals surface area (Å²) >= 11 is 1.61. The van der Waals surface area contributed by atoms with Crippen molar-refractivity contribution in [1.29, 1.82) is 0 Å². The zero-order valence-corrected chi connectivity index (χ0v) is 20.5. The van der Waals surface area contributed by atoms with E-state index < -0.39 is 0 Å². The zero-order valence-electron chi connectivity index (χ0n) is 19.7. The number of rotatable bonds is 13. The van der Waals surface area contributed by atoms with E-state index in [1.54, 1.807) is 33.3 Å². The molecule has 2 amide bonds. The Labute approximate surface area is 201 Å². The van der Waals surface area contributed by atoms with Gasteiger partial charge in [-0.15, -0.1) is 11.3 Å². The Bertz CT molecular complexity index is 851. The summed E-state index contributed by atoms with van der Waals surface area (Å²) < 4.78 is 13.4. The van der Waals surface area contributed by atoms with Gasteiger partial charge in [0, 0.05) is 30.9 Å². The molecule has 0 unspecified atom stereocenters. The maximum atomic E-state index is 13.4. The molecule has 3 rings (SSSR count). The predicted octanol–water partition coefficient (Wildman–Crippen LogP) is 4.92. The Hall–Kier alpha value is -2.25. The Kier molecular flexibility index (Phi) is 10.3. The lowest BCUT2D eigenvalue weighted by Gasteiger charge is -2.29. The van der Waals surface area contributed by atoms with Crippen LogP contribution < -0.4 is 0 Å². The molecule has 180 valence electrons. The van der Waals surface area contributed by atoms with Crippen LogP contribution in [0.1, 0.15) is 55.9 Å². The Balaban J connectivity index is 1.68. The minimum absolute atomic E-state index is 0.0638. The second-order valence-corrected chi connectivity index (χ2v) is 9.81. The van der Waals surface area contributed by atoms with Gasteiger partial charge in [0.15, 0.2) is 0 Å². The minimum Gasteiger partial charge on any atom is -0.332 e. The van der Waals surface area contributed by atoms with Crippen molar-refractivity contribution in [3.63, 3.8) is 0 Å². The van der Waals surface area contributed by atoms with Gasteiger partial charge in [-0.2, -0.15) is 0 Å². The second kappa shape index (κ2) is 13.5. The van der Waals surface area contributed by atoms with Gasteiger partial charge >= 0.3 is 0 Å². The van der Waals surface area contributed by atoms with Gasteiger partial charge in [0.05, 0.1) is 13.1 Å². The normalized spacial score (nSPS) is 13.9. The molecule has 0 radical (unpaired) electrons. The molecule has 1 fully saturated rings. The van der Waals surface area contributed by atoms with E-state index in [9.17, 15) is 14.0 Å². The largest absolute Gasteiger partial charge is 0.332 e. The summed E-state index contributed by atoms with van der Waals surface area (Å²) in [5, 5.41) is 2.00. The van der Waals surface area contributed by atoms with Crippen molar-refractivity contribution >= 4 is 23.2 Å². The number of nitrogens with zero attached hydrogens (tertiary/aromatic N) is 3. The summed E-state index contributed by atoms with van der Waals surface area (Å²) in [5.41, 5.74) is 0.874. The summed E-state index contributed by atoms with van der Waals surface area (Å²) in [6.45, 7) is 6.62. The molecule has 1 aliphatic rings. The highest BCUT2D eigenvalue weighted by Gasteiger charge is 2.23. The van der Waals surface area contributed by atoms with Gasteiger partial charge < -0.3 is 14.7 Å². The van der Waals surface area contributed by atoms with Crippen molar-refractivity contribution < 1.29 is 14.0 Å². The molecule has 0 bridgehead atoms. The molecule has 0 spiro atoms. The number of unbranched alkanes of at least 4 members (excludes halogenated alkanes) is 2. The fourth-order valence-electron chi connectivity index (χ4n) is 4.14. The van der Waals surface area contributed by atoms with Crippen LogP contribution in [0.3, 0.4) is 0 Å². The van der Waals surface area contributed by atoms with Crippen molar-refractivity contribution in [3.8, 4) is 0 Å². The minimum atomic E-state index is -0.291. The molecule has 1 aromatic heterocycles. The van der Waals surface area contributed by atoms with Gasteiger partial charge in [0.25, 0.3) is 0 Å². The first kappa shape index (κ1) is 25.4. The number of carbonyl (C=O) groups is 2. The van der Waals surface area contributed by atoms with Gasteiger partial charge in [-0.1, -0.05) is 38.0 Å². The average Bonchev–Trinajstić information content (AvgIpc) is 3.52. The number of likely N-dealkylation sites (tertiary alicyclic amines) is 1. The number of amides is 2. The van der Waals surface area contributed by atoms with Gasteiger partial charge in [-0.25, -0.2) is 4.39 Å². The Morgan fingerprint density at radius 1 is 1.00 bits per heavy atom. The van der Waals surface area contributed by atoms with E-state index in [-0.39, 0.29) is 24.2 Å². The molecule has 7 heteroatoms. The maximum Gasteiger partial charge on any atom is 0.242 e. The lowest BCUT2D eigenvalue weighted by molar-refractivity contribution is -0.141. The highest BCUT2D eigenvalue weighted by Crippen LogP contribution is 2.16. The molecular weight excluding hydrogens is 437 g/mol. The highest BCUT2D eigenvalue weighted by molar-refractivity contribution is 7.09. The fourth-order valence-corrected chi connectivity index (χ4v) is 4.86. The van der Waals surface area contributed by atoms with Crippen LogP contribution in [0.4, 0.5) is 4.39 Å². The van der Waals surface area contributed by atoms with Gasteiger partial charge in [-0.05, 0) is 61.5 Å². The molecule has 2 aromatic rings. The fraction of sp³-hybridized carbons (Fsp3) is 0.538. The third-order valence-corrected chi connectivity index (χ3v) is 6.99. The van der Waals surface area contributed by atoms with Crippen LogP contribution in [0.15, 0.2) is 41.8 Å². The van der Waals surface area contributed by atoms with E-state index in [1.165, 1.54) is 25.0 Å². The van der Waals surface area contributed by atoms with Gasteiger partial charge in [0.1, 0.15) is 5.82 Å². The lowest BCUT2D eigenvalue weighted by atomic mass is 10.2. The summed E-state index contributed by atoms with van der Waals surface area (Å²) in [4.78, 5) is 33.4. The van der Waals surface area contributed by atoms with Crippen molar-refractivity contribution in [2.24, 2.45) is 0 Å². The third kappa shape index (κ3) is 8.55. The van der Waals surface area contributed by atoms with E-state index in [0.29, 0.717) is 26.1 Å². The smallest absolute Gasteiger partial charge is 0.242 e. The van der Waals surface area contributed by atoms with Crippen LogP contribution in [-0.2, 0) is 22.7 Å². The summed E-state index contributed by atoms with van der Waals surface area (Å²) in [7, 11) is 0. The molecular formula is C26H36FN3O2S. The summed E-state index contributed by atoms with van der Waals surface area (Å²) in [5.74, 6) is -0.299. The molecule has 2 heterocycles. The molecule has 1 aromatic carbocycles. The van der Waals surface area contributed by atoms with Crippen molar-refractivity contribution in [3.05, 3.63) is 58.0 Å². The zero-order chi connectivity index (χ0) is 23.5. The number of halogens is 1. The molecule has 0 atom stereocenters. The van der Waals surface area contributed by atoms with Crippen LogP contribution in [0.2, 0.25) is 0 Å². The molecule has 5 nitrogen and oxygen atoms in total. The molecule has 0 saturated carbocycles. The Morgan fingerprint density at radius 3 is 2.42 bits per heavy atom. The molecule has 1 saturated heterocycles. The summed E-state index contributed by atoms with van der Waals surface area (Å²) in [6, 6.07) is 10.2. The highest BCUT2D eigenvalue weighted by atomic mass is 32.1. The lowest BCUT2D eigenvalue weighted by Crippen LogP contribution is -2.45. The van der Waals surface area contributed by atoms with Crippen molar-refractivity contribution in [1.82, 2.24) is 14.7 Å². The van der Waals surface area contributed by atoms with Crippen LogP contribution in [0.25, 0.3) is 0 Å². The van der Waals surface area contributed by atoms with Crippen LogP contribution in [-0.4, -0.2) is 59.2 Å². The maximum absolute atomic E-state index is 13.4. The quantitative estimate of drug-likeness (QED) is 0.388. The first-order chi connectivity index (χ1) is 16.0. The predicted molar refractivity (Wildman–Crippen MR) is 131 cm³/mol.